The van der Waals surface area contributed by atoms with E-state index in [1.165, 1.54) is 0 Å². The number of ether oxygens (including phenoxy) is 2. The number of anilines is 2. The minimum Gasteiger partial charge on any atom is -0.490 e. The van der Waals surface area contributed by atoms with Gasteiger partial charge in [-0.3, -0.25) is 0 Å². The number of benzene rings is 2. The summed E-state index contributed by atoms with van der Waals surface area (Å²) in [6.07, 6.45) is 0. The van der Waals surface area contributed by atoms with Crippen LogP contribution in [0.1, 0.15) is 6.92 Å². The Morgan fingerprint density at radius 1 is 1.04 bits per heavy atom. The summed E-state index contributed by atoms with van der Waals surface area (Å²) in [5.74, 6) is 1.25. The zero-order valence-electron chi connectivity index (χ0n) is 14.2. The van der Waals surface area contributed by atoms with Crippen LogP contribution >= 0.6 is 0 Å². The van der Waals surface area contributed by atoms with Gasteiger partial charge in [-0.05, 0) is 37.3 Å². The Bertz CT molecular complexity index is 674. The van der Waals surface area contributed by atoms with Crippen molar-refractivity contribution >= 4 is 17.4 Å². The van der Waals surface area contributed by atoms with Gasteiger partial charge in [0.2, 0.25) is 0 Å². The number of urea groups is 1. The van der Waals surface area contributed by atoms with E-state index in [2.05, 4.69) is 10.6 Å². The van der Waals surface area contributed by atoms with Gasteiger partial charge in [-0.2, -0.15) is 0 Å². The van der Waals surface area contributed by atoms with Crippen molar-refractivity contribution in [2.24, 2.45) is 0 Å². The topological polar surface area (TPSA) is 62.8 Å². The lowest BCUT2D eigenvalue weighted by Crippen LogP contribution is -2.32. The fourth-order valence-electron chi connectivity index (χ4n) is 2.06. The van der Waals surface area contributed by atoms with E-state index >= 15 is 0 Å². The molecule has 0 heterocycles. The molecule has 2 amide bonds. The summed E-state index contributed by atoms with van der Waals surface area (Å²) < 4.78 is 11.0. The molecule has 2 rings (SSSR count). The molecule has 0 aromatic heterocycles. The Hall–Kier alpha value is -2.89. The van der Waals surface area contributed by atoms with Gasteiger partial charge in [0, 0.05) is 25.5 Å². The number of hydrogen-bond acceptors (Lipinski definition) is 4. The second-order valence-corrected chi connectivity index (χ2v) is 5.24. The van der Waals surface area contributed by atoms with Crippen LogP contribution < -0.4 is 25.0 Å². The van der Waals surface area contributed by atoms with Crippen molar-refractivity contribution in [2.45, 2.75) is 6.92 Å². The standard InChI is InChI=1S/C18H23N3O3/c1-4-23-16-10-5-6-11-17(16)24-13-19-18(22)20-14-8-7-9-15(12-14)21(2)3/h5-12H,4,13H2,1-3H3,(H2,19,20,22). The lowest BCUT2D eigenvalue weighted by Gasteiger charge is -2.15. The van der Waals surface area contributed by atoms with E-state index in [-0.39, 0.29) is 12.8 Å². The van der Waals surface area contributed by atoms with Crippen LogP contribution in [0.25, 0.3) is 0 Å². The second kappa shape index (κ2) is 8.67. The number of rotatable bonds is 7. The molecule has 0 saturated carbocycles. The number of hydrogen-bond donors (Lipinski definition) is 2. The predicted molar refractivity (Wildman–Crippen MR) is 96.0 cm³/mol. The van der Waals surface area contributed by atoms with Crippen LogP contribution in [0.15, 0.2) is 48.5 Å². The van der Waals surface area contributed by atoms with Gasteiger partial charge in [-0.15, -0.1) is 0 Å². The quantitative estimate of drug-likeness (QED) is 0.765. The number of amides is 2. The normalized spacial score (nSPS) is 9.96. The number of para-hydroxylation sites is 2. The van der Waals surface area contributed by atoms with E-state index in [1.54, 1.807) is 6.07 Å². The van der Waals surface area contributed by atoms with Crippen molar-refractivity contribution in [3.8, 4) is 11.5 Å². The summed E-state index contributed by atoms with van der Waals surface area (Å²) >= 11 is 0. The highest BCUT2D eigenvalue weighted by Crippen LogP contribution is 2.25. The molecule has 6 heteroatoms. The highest BCUT2D eigenvalue weighted by Gasteiger charge is 2.06. The third kappa shape index (κ3) is 5.08. The molecule has 0 fully saturated rings. The molecule has 0 spiro atoms. The Morgan fingerprint density at radius 3 is 2.42 bits per heavy atom. The predicted octanol–water partition coefficient (Wildman–Crippen LogP) is 3.31. The molecule has 2 aromatic rings. The highest BCUT2D eigenvalue weighted by atomic mass is 16.5. The number of carbonyl (C=O) groups is 1. The van der Waals surface area contributed by atoms with Gasteiger partial charge in [0.25, 0.3) is 0 Å². The first-order chi connectivity index (χ1) is 11.6. The number of nitrogens with zero attached hydrogens (tertiary/aromatic N) is 1. The third-order valence-corrected chi connectivity index (χ3v) is 3.23. The maximum Gasteiger partial charge on any atom is 0.321 e. The average molecular weight is 329 g/mol. The molecule has 0 saturated heterocycles. The molecule has 0 aliphatic rings. The zero-order chi connectivity index (χ0) is 17.4. The molecule has 2 N–H and O–H groups in total. The zero-order valence-corrected chi connectivity index (χ0v) is 14.2. The molecular weight excluding hydrogens is 306 g/mol. The van der Waals surface area contributed by atoms with E-state index in [4.69, 9.17) is 9.47 Å². The lowest BCUT2D eigenvalue weighted by atomic mass is 10.2. The van der Waals surface area contributed by atoms with Gasteiger partial charge in [0.15, 0.2) is 18.2 Å². The van der Waals surface area contributed by atoms with Gasteiger partial charge in [-0.1, -0.05) is 18.2 Å². The molecular formula is C18H23N3O3. The van der Waals surface area contributed by atoms with Crippen LogP contribution in [-0.4, -0.2) is 33.5 Å². The molecule has 0 aliphatic carbocycles. The summed E-state index contributed by atoms with van der Waals surface area (Å²) in [5, 5.41) is 5.43. The average Bonchev–Trinajstić information content (AvgIpc) is 2.57. The molecule has 128 valence electrons. The van der Waals surface area contributed by atoms with Crippen molar-refractivity contribution in [3.05, 3.63) is 48.5 Å². The van der Waals surface area contributed by atoms with E-state index in [9.17, 15) is 4.79 Å². The van der Waals surface area contributed by atoms with Crippen LogP contribution in [0.2, 0.25) is 0 Å². The van der Waals surface area contributed by atoms with Crippen LogP contribution in [0, 0.1) is 0 Å². The van der Waals surface area contributed by atoms with E-state index < -0.39 is 0 Å². The van der Waals surface area contributed by atoms with Crippen molar-refractivity contribution in [3.63, 3.8) is 0 Å². The Balaban J connectivity index is 1.85. The number of nitrogens with one attached hydrogen (secondary N) is 2. The summed E-state index contributed by atoms with van der Waals surface area (Å²) in [7, 11) is 3.89. The fraction of sp³-hybridized carbons (Fsp3) is 0.278. The summed E-state index contributed by atoms with van der Waals surface area (Å²) in [5.41, 5.74) is 1.73. The minimum absolute atomic E-state index is 0.0449. The van der Waals surface area contributed by atoms with Crippen molar-refractivity contribution in [1.29, 1.82) is 0 Å². The molecule has 6 nitrogen and oxygen atoms in total. The summed E-state index contributed by atoms with van der Waals surface area (Å²) in [6.45, 7) is 2.50. The highest BCUT2D eigenvalue weighted by molar-refractivity contribution is 5.89. The van der Waals surface area contributed by atoms with Crippen molar-refractivity contribution in [2.75, 3.05) is 37.6 Å². The summed E-state index contributed by atoms with van der Waals surface area (Å²) in [4.78, 5) is 13.9. The van der Waals surface area contributed by atoms with Crippen LogP contribution in [-0.2, 0) is 0 Å². The van der Waals surface area contributed by atoms with Gasteiger partial charge >= 0.3 is 6.03 Å². The first kappa shape index (κ1) is 17.5. The third-order valence-electron chi connectivity index (χ3n) is 3.23. The minimum atomic E-state index is -0.334. The van der Waals surface area contributed by atoms with E-state index in [0.29, 0.717) is 23.8 Å². The Kier molecular flexibility index (Phi) is 6.31. The Labute approximate surface area is 142 Å². The molecule has 2 aromatic carbocycles. The fourth-order valence-corrected chi connectivity index (χ4v) is 2.06. The number of carbonyl (C=O) groups excluding carboxylic acids is 1. The van der Waals surface area contributed by atoms with Crippen LogP contribution in [0.4, 0.5) is 16.2 Å². The van der Waals surface area contributed by atoms with Crippen molar-refractivity contribution in [1.82, 2.24) is 5.32 Å². The maximum atomic E-state index is 11.9. The van der Waals surface area contributed by atoms with E-state index in [0.717, 1.165) is 5.69 Å². The first-order valence-corrected chi connectivity index (χ1v) is 7.77. The summed E-state index contributed by atoms with van der Waals surface area (Å²) in [6, 6.07) is 14.6. The molecule has 24 heavy (non-hydrogen) atoms. The molecule has 0 radical (unpaired) electrons. The monoisotopic (exact) mass is 329 g/mol. The lowest BCUT2D eigenvalue weighted by molar-refractivity contribution is 0.229. The van der Waals surface area contributed by atoms with E-state index in [1.807, 2.05) is 68.4 Å². The van der Waals surface area contributed by atoms with Gasteiger partial charge in [0.05, 0.1) is 6.61 Å². The van der Waals surface area contributed by atoms with Gasteiger partial charge < -0.3 is 25.0 Å². The second-order valence-electron chi connectivity index (χ2n) is 5.24. The molecule has 0 atom stereocenters. The molecule has 0 aliphatic heterocycles. The largest absolute Gasteiger partial charge is 0.490 e. The van der Waals surface area contributed by atoms with Crippen LogP contribution in [0.5, 0.6) is 11.5 Å². The SMILES string of the molecule is CCOc1ccccc1OCNC(=O)Nc1cccc(N(C)C)c1. The molecule has 0 unspecified atom stereocenters. The van der Waals surface area contributed by atoms with Crippen LogP contribution in [0.3, 0.4) is 0 Å². The molecule has 0 bridgehead atoms. The van der Waals surface area contributed by atoms with Crippen molar-refractivity contribution < 1.29 is 14.3 Å². The first-order valence-electron chi connectivity index (χ1n) is 7.77. The Morgan fingerprint density at radius 2 is 1.75 bits per heavy atom. The van der Waals surface area contributed by atoms with Gasteiger partial charge in [-0.25, -0.2) is 4.79 Å². The maximum absolute atomic E-state index is 11.9. The van der Waals surface area contributed by atoms with Gasteiger partial charge in [0.1, 0.15) is 0 Å². The smallest absolute Gasteiger partial charge is 0.321 e.